The van der Waals surface area contributed by atoms with Crippen LogP contribution < -0.4 is 5.32 Å². The summed E-state index contributed by atoms with van der Waals surface area (Å²) in [6, 6.07) is 6.91. The Balaban J connectivity index is 1.58. The van der Waals surface area contributed by atoms with E-state index in [-0.39, 0.29) is 5.82 Å². The van der Waals surface area contributed by atoms with E-state index in [4.69, 9.17) is 4.74 Å². The van der Waals surface area contributed by atoms with Gasteiger partial charge in [-0.3, -0.25) is 0 Å². The molecule has 21 heavy (non-hydrogen) atoms. The SMILES string of the molecule is CC(NCc1csc(-c2ccc(F)cc2)n1)C1CCOC1. The number of nitrogens with zero attached hydrogens (tertiary/aromatic N) is 1. The number of hydrogen-bond donors (Lipinski definition) is 1. The zero-order valence-electron chi connectivity index (χ0n) is 12.0. The topological polar surface area (TPSA) is 34.2 Å². The first-order chi connectivity index (χ1) is 10.2. The lowest BCUT2D eigenvalue weighted by Gasteiger charge is -2.18. The largest absolute Gasteiger partial charge is 0.381 e. The maximum Gasteiger partial charge on any atom is 0.123 e. The number of thiazole rings is 1. The third-order valence-electron chi connectivity index (χ3n) is 3.92. The predicted molar refractivity (Wildman–Crippen MR) is 82.7 cm³/mol. The molecule has 2 atom stereocenters. The average molecular weight is 306 g/mol. The maximum absolute atomic E-state index is 12.9. The summed E-state index contributed by atoms with van der Waals surface area (Å²) in [5, 5.41) is 6.51. The molecule has 0 bridgehead atoms. The fraction of sp³-hybridized carbons (Fsp3) is 0.438. The van der Waals surface area contributed by atoms with Crippen LogP contribution in [0.4, 0.5) is 4.39 Å². The zero-order chi connectivity index (χ0) is 14.7. The van der Waals surface area contributed by atoms with E-state index >= 15 is 0 Å². The first kappa shape index (κ1) is 14.6. The van der Waals surface area contributed by atoms with Crippen LogP contribution in [-0.4, -0.2) is 24.2 Å². The van der Waals surface area contributed by atoms with E-state index in [0.717, 1.165) is 42.4 Å². The second-order valence-electron chi connectivity index (χ2n) is 5.44. The molecule has 1 aromatic carbocycles. The van der Waals surface area contributed by atoms with Crippen LogP contribution in [0.25, 0.3) is 10.6 Å². The number of benzene rings is 1. The van der Waals surface area contributed by atoms with Crippen molar-refractivity contribution in [2.45, 2.75) is 25.9 Å². The highest BCUT2D eigenvalue weighted by Gasteiger charge is 2.21. The first-order valence-electron chi connectivity index (χ1n) is 7.24. The molecule has 1 saturated heterocycles. The molecule has 2 heterocycles. The highest BCUT2D eigenvalue weighted by Crippen LogP contribution is 2.24. The minimum Gasteiger partial charge on any atom is -0.381 e. The smallest absolute Gasteiger partial charge is 0.123 e. The molecule has 1 fully saturated rings. The van der Waals surface area contributed by atoms with Gasteiger partial charge in [-0.15, -0.1) is 11.3 Å². The number of ether oxygens (including phenoxy) is 1. The van der Waals surface area contributed by atoms with Crippen LogP contribution in [0.15, 0.2) is 29.6 Å². The summed E-state index contributed by atoms with van der Waals surface area (Å²) in [4.78, 5) is 4.61. The Hall–Kier alpha value is -1.30. The number of hydrogen-bond acceptors (Lipinski definition) is 4. The Labute approximate surface area is 128 Å². The molecule has 3 rings (SSSR count). The quantitative estimate of drug-likeness (QED) is 0.918. The molecule has 0 aliphatic carbocycles. The molecule has 1 aliphatic heterocycles. The fourth-order valence-corrected chi connectivity index (χ4v) is 3.32. The molecule has 3 nitrogen and oxygen atoms in total. The van der Waals surface area contributed by atoms with E-state index in [1.165, 1.54) is 12.1 Å². The molecular formula is C16H19FN2OS. The van der Waals surface area contributed by atoms with E-state index in [2.05, 4.69) is 22.6 Å². The molecule has 0 spiro atoms. The van der Waals surface area contributed by atoms with Crippen molar-refractivity contribution in [3.8, 4) is 10.6 Å². The second-order valence-corrected chi connectivity index (χ2v) is 6.30. The van der Waals surface area contributed by atoms with Gasteiger partial charge in [0.25, 0.3) is 0 Å². The number of halogens is 1. The molecule has 5 heteroatoms. The molecule has 1 N–H and O–H groups in total. The van der Waals surface area contributed by atoms with E-state index < -0.39 is 0 Å². The van der Waals surface area contributed by atoms with Gasteiger partial charge in [0.1, 0.15) is 10.8 Å². The summed E-state index contributed by atoms with van der Waals surface area (Å²) in [5.74, 6) is 0.380. The van der Waals surface area contributed by atoms with Crippen molar-refractivity contribution in [2.75, 3.05) is 13.2 Å². The van der Waals surface area contributed by atoms with Crippen LogP contribution >= 0.6 is 11.3 Å². The summed E-state index contributed by atoms with van der Waals surface area (Å²) < 4.78 is 18.3. The van der Waals surface area contributed by atoms with Crippen molar-refractivity contribution in [3.05, 3.63) is 41.2 Å². The second kappa shape index (κ2) is 6.64. The molecule has 0 radical (unpaired) electrons. The van der Waals surface area contributed by atoms with Gasteiger partial charge in [0.15, 0.2) is 0 Å². The molecule has 0 saturated carbocycles. The Morgan fingerprint density at radius 1 is 1.43 bits per heavy atom. The van der Waals surface area contributed by atoms with Gasteiger partial charge in [0.05, 0.1) is 12.3 Å². The summed E-state index contributed by atoms with van der Waals surface area (Å²) in [6.07, 6.45) is 1.13. The summed E-state index contributed by atoms with van der Waals surface area (Å²) in [7, 11) is 0. The third-order valence-corrected chi connectivity index (χ3v) is 4.86. The van der Waals surface area contributed by atoms with Gasteiger partial charge in [0.2, 0.25) is 0 Å². The molecule has 112 valence electrons. The molecular weight excluding hydrogens is 287 g/mol. The Morgan fingerprint density at radius 2 is 2.24 bits per heavy atom. The summed E-state index contributed by atoms with van der Waals surface area (Å²) in [6.45, 7) is 4.69. The van der Waals surface area contributed by atoms with Crippen molar-refractivity contribution in [1.29, 1.82) is 0 Å². The first-order valence-corrected chi connectivity index (χ1v) is 8.12. The molecule has 0 amide bonds. The van der Waals surface area contributed by atoms with E-state index in [0.29, 0.717) is 12.0 Å². The lowest BCUT2D eigenvalue weighted by atomic mass is 10.0. The highest BCUT2D eigenvalue weighted by molar-refractivity contribution is 7.13. The standard InChI is InChI=1S/C16H19FN2OS/c1-11(13-6-7-20-9-13)18-8-15-10-21-16(19-15)12-2-4-14(17)5-3-12/h2-5,10-11,13,18H,6-9H2,1H3. The van der Waals surface area contributed by atoms with Gasteiger partial charge in [0, 0.05) is 30.1 Å². The van der Waals surface area contributed by atoms with Crippen LogP contribution in [-0.2, 0) is 11.3 Å². The van der Waals surface area contributed by atoms with Gasteiger partial charge in [-0.2, -0.15) is 0 Å². The number of nitrogens with one attached hydrogen (secondary N) is 1. The Kier molecular flexibility index (Phi) is 4.63. The average Bonchev–Trinajstić information content (AvgIpc) is 3.17. The van der Waals surface area contributed by atoms with Crippen molar-refractivity contribution < 1.29 is 9.13 Å². The van der Waals surface area contributed by atoms with Crippen LogP contribution in [0.5, 0.6) is 0 Å². The van der Waals surface area contributed by atoms with Gasteiger partial charge >= 0.3 is 0 Å². The van der Waals surface area contributed by atoms with E-state index in [9.17, 15) is 4.39 Å². The monoisotopic (exact) mass is 306 g/mol. The molecule has 1 aromatic heterocycles. The van der Waals surface area contributed by atoms with Gasteiger partial charge in [-0.05, 0) is 43.5 Å². The maximum atomic E-state index is 12.9. The van der Waals surface area contributed by atoms with Crippen molar-refractivity contribution in [2.24, 2.45) is 5.92 Å². The molecule has 2 aromatic rings. The van der Waals surface area contributed by atoms with Crippen LogP contribution in [0.2, 0.25) is 0 Å². The Morgan fingerprint density at radius 3 is 2.95 bits per heavy atom. The van der Waals surface area contributed by atoms with Gasteiger partial charge in [-0.1, -0.05) is 0 Å². The third kappa shape index (κ3) is 3.67. The number of rotatable bonds is 5. The molecule has 2 unspecified atom stereocenters. The van der Waals surface area contributed by atoms with Crippen molar-refractivity contribution >= 4 is 11.3 Å². The lowest BCUT2D eigenvalue weighted by Crippen LogP contribution is -2.33. The number of aromatic nitrogens is 1. The normalized spacial score (nSPS) is 19.8. The minimum atomic E-state index is -0.218. The van der Waals surface area contributed by atoms with Crippen LogP contribution in [0, 0.1) is 11.7 Å². The van der Waals surface area contributed by atoms with Gasteiger partial charge < -0.3 is 10.1 Å². The highest BCUT2D eigenvalue weighted by atomic mass is 32.1. The summed E-state index contributed by atoms with van der Waals surface area (Å²) in [5.41, 5.74) is 2.00. The van der Waals surface area contributed by atoms with Crippen LogP contribution in [0.3, 0.4) is 0 Å². The van der Waals surface area contributed by atoms with Crippen molar-refractivity contribution in [3.63, 3.8) is 0 Å². The lowest BCUT2D eigenvalue weighted by molar-refractivity contribution is 0.178. The Bertz CT molecular complexity index is 578. The van der Waals surface area contributed by atoms with Gasteiger partial charge in [-0.25, -0.2) is 9.37 Å². The van der Waals surface area contributed by atoms with Crippen LogP contribution in [0.1, 0.15) is 19.0 Å². The van der Waals surface area contributed by atoms with E-state index in [1.54, 1.807) is 23.5 Å². The van der Waals surface area contributed by atoms with Crippen molar-refractivity contribution in [1.82, 2.24) is 10.3 Å². The summed E-state index contributed by atoms with van der Waals surface area (Å²) >= 11 is 1.59. The predicted octanol–water partition coefficient (Wildman–Crippen LogP) is 3.46. The minimum absolute atomic E-state index is 0.218. The zero-order valence-corrected chi connectivity index (χ0v) is 12.8. The fourth-order valence-electron chi connectivity index (χ4n) is 2.49. The van der Waals surface area contributed by atoms with E-state index in [1.807, 2.05) is 0 Å². The molecule has 1 aliphatic rings.